The van der Waals surface area contributed by atoms with E-state index in [0.29, 0.717) is 12.8 Å². The van der Waals surface area contributed by atoms with Crippen LogP contribution in [0.15, 0.2) is 0 Å². The SMILES string of the molecule is CCCCCCCCC(CCC)OC(=O)CCCN(CCC)CCCC(=O)OC(CCCCCCCC)CCCCCCCC. The summed E-state index contributed by atoms with van der Waals surface area (Å²) in [5.41, 5.74) is 0. The minimum atomic E-state index is -0.0405. The molecule has 0 N–H and O–H groups in total. The van der Waals surface area contributed by atoms with E-state index in [-0.39, 0.29) is 24.1 Å². The minimum Gasteiger partial charge on any atom is -0.462 e. The van der Waals surface area contributed by atoms with E-state index in [1.165, 1.54) is 109 Å². The number of carbonyl (C=O) groups is 2. The lowest BCUT2D eigenvalue weighted by Gasteiger charge is -2.22. The van der Waals surface area contributed by atoms with Crippen molar-refractivity contribution in [2.75, 3.05) is 19.6 Å². The molecule has 0 aliphatic rings. The van der Waals surface area contributed by atoms with Gasteiger partial charge in [0.1, 0.15) is 12.2 Å². The van der Waals surface area contributed by atoms with E-state index in [0.717, 1.165) is 77.4 Å². The molecule has 1 atom stereocenters. The summed E-state index contributed by atoms with van der Waals surface area (Å²) in [7, 11) is 0. The van der Waals surface area contributed by atoms with Gasteiger partial charge < -0.3 is 14.4 Å². The van der Waals surface area contributed by atoms with Gasteiger partial charge in [-0.15, -0.1) is 0 Å². The predicted molar refractivity (Wildman–Crippen MR) is 194 cm³/mol. The highest BCUT2D eigenvalue weighted by Crippen LogP contribution is 2.18. The van der Waals surface area contributed by atoms with Gasteiger partial charge in [-0.05, 0) is 83.8 Å². The molecule has 0 radical (unpaired) electrons. The van der Waals surface area contributed by atoms with Gasteiger partial charge in [-0.3, -0.25) is 9.59 Å². The molecule has 0 aromatic carbocycles. The molecule has 0 spiro atoms. The van der Waals surface area contributed by atoms with Crippen LogP contribution in [0.2, 0.25) is 0 Å². The number of esters is 2. The third-order valence-corrected chi connectivity index (χ3v) is 9.10. The van der Waals surface area contributed by atoms with Crippen molar-refractivity contribution in [3.8, 4) is 0 Å². The molecule has 5 heteroatoms. The lowest BCUT2D eigenvalue weighted by Crippen LogP contribution is -2.28. The van der Waals surface area contributed by atoms with Crippen LogP contribution in [0.25, 0.3) is 0 Å². The van der Waals surface area contributed by atoms with E-state index in [1.807, 2.05) is 0 Å². The quantitative estimate of drug-likeness (QED) is 0.0511. The molecule has 0 saturated heterocycles. The van der Waals surface area contributed by atoms with Gasteiger partial charge in [-0.25, -0.2) is 0 Å². The molecule has 0 heterocycles. The van der Waals surface area contributed by atoms with E-state index in [4.69, 9.17) is 9.47 Å². The molecule has 268 valence electrons. The van der Waals surface area contributed by atoms with Crippen molar-refractivity contribution in [1.29, 1.82) is 0 Å². The van der Waals surface area contributed by atoms with E-state index in [9.17, 15) is 9.59 Å². The summed E-state index contributed by atoms with van der Waals surface area (Å²) in [6.45, 7) is 13.9. The Hall–Kier alpha value is -1.10. The first kappa shape index (κ1) is 43.9. The molecular formula is C40H79NO4. The Labute approximate surface area is 281 Å². The number of hydrogen-bond acceptors (Lipinski definition) is 5. The maximum Gasteiger partial charge on any atom is 0.306 e. The van der Waals surface area contributed by atoms with Gasteiger partial charge >= 0.3 is 11.9 Å². The maximum atomic E-state index is 12.8. The highest BCUT2D eigenvalue weighted by molar-refractivity contribution is 5.69. The highest BCUT2D eigenvalue weighted by atomic mass is 16.5. The van der Waals surface area contributed by atoms with E-state index >= 15 is 0 Å². The average molecular weight is 638 g/mol. The zero-order valence-corrected chi connectivity index (χ0v) is 31.2. The van der Waals surface area contributed by atoms with Gasteiger partial charge in [0.25, 0.3) is 0 Å². The standard InChI is InChI=1S/C40H79NO4/c1-6-11-14-17-20-23-29-37(28-9-4)44-39(42)32-26-35-41(34-10-5)36-27-33-40(43)45-38(30-24-21-18-15-12-7-2)31-25-22-19-16-13-8-3/h37-38H,6-36H2,1-5H3. The first-order chi connectivity index (χ1) is 22.0. The molecular weight excluding hydrogens is 558 g/mol. The van der Waals surface area contributed by atoms with Crippen LogP contribution in [-0.2, 0) is 19.1 Å². The molecule has 5 nitrogen and oxygen atoms in total. The third-order valence-electron chi connectivity index (χ3n) is 9.10. The van der Waals surface area contributed by atoms with Crippen LogP contribution in [0.3, 0.4) is 0 Å². The van der Waals surface area contributed by atoms with Gasteiger partial charge in [0.2, 0.25) is 0 Å². The van der Waals surface area contributed by atoms with E-state index in [1.54, 1.807) is 0 Å². The fourth-order valence-corrected chi connectivity index (χ4v) is 6.34. The van der Waals surface area contributed by atoms with Crippen LogP contribution in [0.1, 0.15) is 214 Å². The Kier molecular flexibility index (Phi) is 33.4. The molecule has 0 aromatic rings. The van der Waals surface area contributed by atoms with Gasteiger partial charge in [0, 0.05) is 12.8 Å². The van der Waals surface area contributed by atoms with E-state index in [2.05, 4.69) is 39.5 Å². The van der Waals surface area contributed by atoms with Crippen LogP contribution in [0.4, 0.5) is 0 Å². The number of hydrogen-bond donors (Lipinski definition) is 0. The summed E-state index contributed by atoms with van der Waals surface area (Å²) in [4.78, 5) is 27.9. The number of ether oxygens (including phenoxy) is 2. The third kappa shape index (κ3) is 30.0. The molecule has 0 saturated carbocycles. The lowest BCUT2D eigenvalue weighted by atomic mass is 10.0. The fourth-order valence-electron chi connectivity index (χ4n) is 6.34. The van der Waals surface area contributed by atoms with Crippen LogP contribution < -0.4 is 0 Å². The van der Waals surface area contributed by atoms with E-state index < -0.39 is 0 Å². The number of nitrogens with zero attached hydrogens (tertiary/aromatic N) is 1. The Morgan fingerprint density at radius 3 is 1.11 bits per heavy atom. The zero-order chi connectivity index (χ0) is 33.2. The normalized spacial score (nSPS) is 12.2. The second kappa shape index (κ2) is 34.2. The summed E-state index contributed by atoms with van der Waals surface area (Å²) < 4.78 is 11.9. The van der Waals surface area contributed by atoms with Crippen molar-refractivity contribution in [2.45, 2.75) is 227 Å². The Bertz CT molecular complexity index is 624. The summed E-state index contributed by atoms with van der Waals surface area (Å²) in [6, 6.07) is 0. The molecule has 0 amide bonds. The average Bonchev–Trinajstić information content (AvgIpc) is 3.02. The summed E-state index contributed by atoms with van der Waals surface area (Å²) in [5.74, 6) is -0.0643. The summed E-state index contributed by atoms with van der Waals surface area (Å²) in [5, 5.41) is 0. The second-order valence-corrected chi connectivity index (χ2v) is 13.7. The fraction of sp³-hybridized carbons (Fsp3) is 0.950. The van der Waals surface area contributed by atoms with Crippen molar-refractivity contribution >= 4 is 11.9 Å². The Balaban J connectivity index is 4.46. The molecule has 1 unspecified atom stereocenters. The Morgan fingerprint density at radius 2 is 0.756 bits per heavy atom. The van der Waals surface area contributed by atoms with Crippen molar-refractivity contribution < 1.29 is 19.1 Å². The number of unbranched alkanes of at least 4 members (excludes halogenated alkanes) is 15. The van der Waals surface area contributed by atoms with Crippen LogP contribution in [0.5, 0.6) is 0 Å². The molecule has 0 fully saturated rings. The first-order valence-corrected chi connectivity index (χ1v) is 20.1. The zero-order valence-electron chi connectivity index (χ0n) is 31.2. The molecule has 0 aromatic heterocycles. The molecule has 0 rings (SSSR count). The molecule has 0 aliphatic heterocycles. The van der Waals surface area contributed by atoms with Gasteiger partial charge in [-0.1, -0.05) is 137 Å². The molecule has 0 bridgehead atoms. The van der Waals surface area contributed by atoms with Crippen LogP contribution >= 0.6 is 0 Å². The van der Waals surface area contributed by atoms with Crippen molar-refractivity contribution in [2.24, 2.45) is 0 Å². The monoisotopic (exact) mass is 638 g/mol. The minimum absolute atomic E-state index is 0.0238. The van der Waals surface area contributed by atoms with Gasteiger partial charge in [0.05, 0.1) is 0 Å². The van der Waals surface area contributed by atoms with Crippen LogP contribution in [-0.4, -0.2) is 48.7 Å². The van der Waals surface area contributed by atoms with Gasteiger partial charge in [0.15, 0.2) is 0 Å². The van der Waals surface area contributed by atoms with Crippen molar-refractivity contribution in [3.05, 3.63) is 0 Å². The maximum absolute atomic E-state index is 12.8. The second-order valence-electron chi connectivity index (χ2n) is 13.7. The lowest BCUT2D eigenvalue weighted by molar-refractivity contribution is -0.150. The molecule has 45 heavy (non-hydrogen) atoms. The largest absolute Gasteiger partial charge is 0.462 e. The highest BCUT2D eigenvalue weighted by Gasteiger charge is 2.16. The number of rotatable bonds is 35. The summed E-state index contributed by atoms with van der Waals surface area (Å²) >= 11 is 0. The smallest absolute Gasteiger partial charge is 0.306 e. The van der Waals surface area contributed by atoms with Gasteiger partial charge in [-0.2, -0.15) is 0 Å². The summed E-state index contributed by atoms with van der Waals surface area (Å²) in [6.07, 6.45) is 31.8. The Morgan fingerprint density at radius 1 is 0.400 bits per heavy atom. The molecule has 0 aliphatic carbocycles. The number of carbonyl (C=O) groups excluding carboxylic acids is 2. The van der Waals surface area contributed by atoms with Crippen molar-refractivity contribution in [3.63, 3.8) is 0 Å². The van der Waals surface area contributed by atoms with Crippen LogP contribution in [0, 0.1) is 0 Å². The predicted octanol–water partition coefficient (Wildman–Crippen LogP) is 12.1. The van der Waals surface area contributed by atoms with Crippen molar-refractivity contribution in [1.82, 2.24) is 4.90 Å². The first-order valence-electron chi connectivity index (χ1n) is 20.1. The topological polar surface area (TPSA) is 55.8 Å².